The van der Waals surface area contributed by atoms with Gasteiger partial charge in [-0.05, 0) is 49.4 Å². The minimum absolute atomic E-state index is 0.119. The van der Waals surface area contributed by atoms with E-state index >= 15 is 0 Å². The van der Waals surface area contributed by atoms with Crippen molar-refractivity contribution in [2.75, 3.05) is 6.61 Å². The van der Waals surface area contributed by atoms with Crippen molar-refractivity contribution in [2.24, 2.45) is 0 Å². The Morgan fingerprint density at radius 3 is 2.35 bits per heavy atom. The van der Waals surface area contributed by atoms with Gasteiger partial charge in [0.1, 0.15) is 17.2 Å². The number of carbonyl (C=O) groups is 1. The van der Waals surface area contributed by atoms with E-state index in [2.05, 4.69) is 0 Å². The van der Waals surface area contributed by atoms with Gasteiger partial charge in [-0.1, -0.05) is 11.6 Å². The van der Waals surface area contributed by atoms with E-state index < -0.39 is 5.97 Å². The lowest BCUT2D eigenvalue weighted by Crippen LogP contribution is -1.96. The average Bonchev–Trinajstić information content (AvgIpc) is 2.43. The van der Waals surface area contributed by atoms with E-state index in [1.807, 2.05) is 6.92 Å². The number of halogens is 1. The maximum absolute atomic E-state index is 10.8. The lowest BCUT2D eigenvalue weighted by Gasteiger charge is -2.09. The molecule has 0 heterocycles. The van der Waals surface area contributed by atoms with Crippen molar-refractivity contribution in [3.8, 4) is 17.2 Å². The Morgan fingerprint density at radius 2 is 1.80 bits per heavy atom. The van der Waals surface area contributed by atoms with E-state index in [4.69, 9.17) is 26.2 Å². The maximum atomic E-state index is 10.8. The zero-order valence-electron chi connectivity index (χ0n) is 10.8. The Bertz CT molecular complexity index is 608. The molecule has 5 heteroatoms. The number of benzene rings is 2. The van der Waals surface area contributed by atoms with Crippen molar-refractivity contribution in [1.82, 2.24) is 0 Å². The van der Waals surface area contributed by atoms with Gasteiger partial charge in [0.05, 0.1) is 17.2 Å². The van der Waals surface area contributed by atoms with Crippen LogP contribution in [0.4, 0.5) is 0 Å². The molecule has 2 aromatic rings. The highest BCUT2D eigenvalue weighted by Crippen LogP contribution is 2.31. The molecule has 2 aromatic carbocycles. The molecule has 4 nitrogen and oxygen atoms in total. The molecule has 0 unspecified atom stereocenters. The largest absolute Gasteiger partial charge is 0.494 e. The lowest BCUT2D eigenvalue weighted by molar-refractivity contribution is 0.0697. The van der Waals surface area contributed by atoms with E-state index in [0.29, 0.717) is 18.1 Å². The van der Waals surface area contributed by atoms with Crippen LogP contribution in [0, 0.1) is 0 Å². The summed E-state index contributed by atoms with van der Waals surface area (Å²) in [6.07, 6.45) is 0. The van der Waals surface area contributed by atoms with Gasteiger partial charge in [-0.3, -0.25) is 0 Å². The Hall–Kier alpha value is -2.20. The van der Waals surface area contributed by atoms with Gasteiger partial charge in [-0.25, -0.2) is 4.79 Å². The van der Waals surface area contributed by atoms with Gasteiger partial charge in [0, 0.05) is 0 Å². The van der Waals surface area contributed by atoms with E-state index in [0.717, 1.165) is 5.75 Å². The summed E-state index contributed by atoms with van der Waals surface area (Å²) in [6, 6.07) is 11.4. The number of rotatable bonds is 5. The third-order valence-electron chi connectivity index (χ3n) is 2.54. The number of aromatic carboxylic acids is 1. The summed E-state index contributed by atoms with van der Waals surface area (Å²) in [6.45, 7) is 2.51. The normalized spacial score (nSPS) is 10.1. The molecule has 2 rings (SSSR count). The Morgan fingerprint density at radius 1 is 1.15 bits per heavy atom. The van der Waals surface area contributed by atoms with Crippen molar-refractivity contribution in [3.05, 3.63) is 53.1 Å². The minimum atomic E-state index is -1.03. The van der Waals surface area contributed by atoms with Gasteiger partial charge in [-0.15, -0.1) is 0 Å². The zero-order valence-corrected chi connectivity index (χ0v) is 11.6. The molecule has 0 amide bonds. The molecular weight excluding hydrogens is 280 g/mol. The van der Waals surface area contributed by atoms with Crippen molar-refractivity contribution >= 4 is 17.6 Å². The number of hydrogen-bond acceptors (Lipinski definition) is 3. The average molecular weight is 293 g/mol. The van der Waals surface area contributed by atoms with E-state index in [9.17, 15) is 4.79 Å². The van der Waals surface area contributed by atoms with Gasteiger partial charge in [-0.2, -0.15) is 0 Å². The van der Waals surface area contributed by atoms with E-state index in [1.54, 1.807) is 24.3 Å². The fourth-order valence-electron chi connectivity index (χ4n) is 1.61. The van der Waals surface area contributed by atoms with Crippen LogP contribution >= 0.6 is 11.6 Å². The smallest absolute Gasteiger partial charge is 0.335 e. The fraction of sp³-hybridized carbons (Fsp3) is 0.133. The summed E-state index contributed by atoms with van der Waals surface area (Å²) in [4.78, 5) is 10.8. The summed E-state index contributed by atoms with van der Waals surface area (Å²) in [5.74, 6) is 0.728. The number of hydrogen-bond donors (Lipinski definition) is 1. The van der Waals surface area contributed by atoms with Crippen LogP contribution in [0.15, 0.2) is 42.5 Å². The van der Waals surface area contributed by atoms with Crippen LogP contribution < -0.4 is 9.47 Å². The first-order valence-electron chi connectivity index (χ1n) is 6.03. The van der Waals surface area contributed by atoms with E-state index in [-0.39, 0.29) is 10.6 Å². The van der Waals surface area contributed by atoms with Crippen LogP contribution in [-0.2, 0) is 0 Å². The Balaban J connectivity index is 2.15. The van der Waals surface area contributed by atoms with Crippen molar-refractivity contribution in [1.29, 1.82) is 0 Å². The third-order valence-corrected chi connectivity index (χ3v) is 2.84. The second kappa shape index (κ2) is 6.30. The molecule has 0 aliphatic heterocycles. The predicted octanol–water partition coefficient (Wildman–Crippen LogP) is 4.23. The predicted molar refractivity (Wildman–Crippen MR) is 76.1 cm³/mol. The lowest BCUT2D eigenvalue weighted by atomic mass is 10.2. The molecule has 0 aliphatic carbocycles. The quantitative estimate of drug-likeness (QED) is 0.896. The van der Waals surface area contributed by atoms with Crippen LogP contribution in [-0.4, -0.2) is 17.7 Å². The van der Waals surface area contributed by atoms with Crippen LogP contribution in [0.5, 0.6) is 17.2 Å². The number of carboxylic acids is 1. The highest BCUT2D eigenvalue weighted by atomic mass is 35.5. The number of ether oxygens (including phenoxy) is 2. The van der Waals surface area contributed by atoms with Gasteiger partial charge < -0.3 is 14.6 Å². The van der Waals surface area contributed by atoms with Crippen molar-refractivity contribution in [3.63, 3.8) is 0 Å². The molecule has 0 spiro atoms. The SMILES string of the molecule is CCOc1ccc(Oc2ccc(C(=O)O)cc2Cl)cc1. The Kier molecular flexibility index (Phi) is 4.48. The highest BCUT2D eigenvalue weighted by molar-refractivity contribution is 6.32. The molecule has 0 saturated carbocycles. The Labute approximate surface area is 121 Å². The molecule has 0 atom stereocenters. The molecular formula is C15H13ClO4. The molecule has 0 saturated heterocycles. The van der Waals surface area contributed by atoms with E-state index in [1.165, 1.54) is 18.2 Å². The summed E-state index contributed by atoms with van der Waals surface area (Å²) >= 11 is 5.99. The monoisotopic (exact) mass is 292 g/mol. The summed E-state index contributed by atoms with van der Waals surface area (Å²) in [7, 11) is 0. The molecule has 0 aromatic heterocycles. The molecule has 0 fully saturated rings. The third kappa shape index (κ3) is 3.42. The molecule has 104 valence electrons. The summed E-state index contributed by atoms with van der Waals surface area (Å²) in [5, 5.41) is 9.11. The summed E-state index contributed by atoms with van der Waals surface area (Å²) in [5.41, 5.74) is 0.119. The molecule has 0 aliphatic rings. The van der Waals surface area contributed by atoms with Crippen LogP contribution in [0.3, 0.4) is 0 Å². The van der Waals surface area contributed by atoms with Gasteiger partial charge in [0.25, 0.3) is 0 Å². The second-order valence-corrected chi connectivity index (χ2v) is 4.36. The first-order valence-corrected chi connectivity index (χ1v) is 6.41. The van der Waals surface area contributed by atoms with Gasteiger partial charge >= 0.3 is 5.97 Å². The standard InChI is InChI=1S/C15H13ClO4/c1-2-19-11-4-6-12(7-5-11)20-14-8-3-10(15(17)18)9-13(14)16/h3-9H,2H2,1H3,(H,17,18). The van der Waals surface area contributed by atoms with Crippen LogP contribution in [0.25, 0.3) is 0 Å². The minimum Gasteiger partial charge on any atom is -0.494 e. The van der Waals surface area contributed by atoms with Crippen molar-refractivity contribution < 1.29 is 19.4 Å². The van der Waals surface area contributed by atoms with Crippen LogP contribution in [0.2, 0.25) is 5.02 Å². The number of carboxylic acid groups (broad SMARTS) is 1. The van der Waals surface area contributed by atoms with Crippen molar-refractivity contribution in [2.45, 2.75) is 6.92 Å². The fourth-order valence-corrected chi connectivity index (χ4v) is 1.83. The first-order chi connectivity index (χ1) is 9.60. The molecule has 1 N–H and O–H groups in total. The second-order valence-electron chi connectivity index (χ2n) is 3.96. The maximum Gasteiger partial charge on any atom is 0.335 e. The molecule has 0 bridgehead atoms. The summed E-state index contributed by atoms with van der Waals surface area (Å²) < 4.78 is 10.9. The topological polar surface area (TPSA) is 55.8 Å². The van der Waals surface area contributed by atoms with Gasteiger partial charge in [0.15, 0.2) is 0 Å². The highest BCUT2D eigenvalue weighted by Gasteiger charge is 2.08. The zero-order chi connectivity index (χ0) is 14.5. The first kappa shape index (κ1) is 14.2. The van der Waals surface area contributed by atoms with Gasteiger partial charge in [0.2, 0.25) is 0 Å². The molecule has 20 heavy (non-hydrogen) atoms. The van der Waals surface area contributed by atoms with Crippen LogP contribution in [0.1, 0.15) is 17.3 Å². The molecule has 0 radical (unpaired) electrons.